The average Bonchev–Trinajstić information content (AvgIpc) is 3.73. The molecule has 1 unspecified atom stereocenters. The number of alkyl halides is 1. The van der Waals surface area contributed by atoms with E-state index in [1.807, 2.05) is 76.2 Å². The zero-order valence-electron chi connectivity index (χ0n) is 30.8. The van der Waals surface area contributed by atoms with Crippen molar-refractivity contribution in [3.63, 3.8) is 0 Å². The molecule has 3 aliphatic heterocycles. The number of anilines is 1. The maximum Gasteiger partial charge on any atom is 0.313 e. The molecule has 11 heteroatoms. The minimum atomic E-state index is -1.37. The quantitative estimate of drug-likeness (QED) is 0.127. The first kappa shape index (κ1) is 39.4. The Balaban J connectivity index is 1.57. The van der Waals surface area contributed by atoms with Crippen molar-refractivity contribution in [3.8, 4) is 0 Å². The first-order chi connectivity index (χ1) is 24.8. The zero-order valence-corrected chi connectivity index (χ0v) is 32.4. The zero-order chi connectivity index (χ0) is 37.9. The highest BCUT2D eigenvalue weighted by atomic mass is 79.9. The van der Waals surface area contributed by atoms with Gasteiger partial charge in [0.2, 0.25) is 11.8 Å². The largest absolute Gasteiger partial charge is 0.455 e. The number of carbonyl (C=O) groups excluding carboxylic acids is 4. The van der Waals surface area contributed by atoms with Crippen molar-refractivity contribution in [1.29, 1.82) is 0 Å². The molecule has 0 radical (unpaired) electrons. The topological polar surface area (TPSA) is 125 Å². The fourth-order valence-electron chi connectivity index (χ4n) is 8.32. The number of fused-ring (bicyclic) bond motifs is 1. The summed E-state index contributed by atoms with van der Waals surface area (Å²) in [6.45, 7) is 17.0. The van der Waals surface area contributed by atoms with Gasteiger partial charge in [0.1, 0.15) is 17.7 Å². The number of aliphatic hydroxyl groups is 1. The third kappa shape index (κ3) is 7.24. The number of rotatable bonds is 16. The summed E-state index contributed by atoms with van der Waals surface area (Å²) in [6.07, 6.45) is 3.39. The number of nitrogens with one attached hydrogen (secondary N) is 1. The number of halogens is 1. The summed E-state index contributed by atoms with van der Waals surface area (Å²) < 4.78 is 13.1. The smallest absolute Gasteiger partial charge is 0.313 e. The van der Waals surface area contributed by atoms with Gasteiger partial charge in [-0.1, -0.05) is 90.8 Å². The molecule has 5 rings (SSSR count). The summed E-state index contributed by atoms with van der Waals surface area (Å²) in [7, 11) is 0. The van der Waals surface area contributed by atoms with Crippen molar-refractivity contribution in [2.75, 3.05) is 18.1 Å². The predicted molar refractivity (Wildman–Crippen MR) is 204 cm³/mol. The second kappa shape index (κ2) is 16.5. The number of esters is 1. The molecular formula is C41H52BrN3O7. The van der Waals surface area contributed by atoms with Crippen LogP contribution in [-0.4, -0.2) is 81.5 Å². The summed E-state index contributed by atoms with van der Waals surface area (Å²) in [5, 5.41) is 13.8. The molecule has 280 valence electrons. The van der Waals surface area contributed by atoms with Crippen LogP contribution in [0.15, 0.2) is 73.8 Å². The van der Waals surface area contributed by atoms with Crippen LogP contribution in [-0.2, 0) is 28.7 Å². The third-order valence-corrected chi connectivity index (χ3v) is 11.9. The van der Waals surface area contributed by atoms with Crippen molar-refractivity contribution < 1.29 is 33.8 Å². The number of amides is 3. The van der Waals surface area contributed by atoms with Crippen LogP contribution >= 0.6 is 15.9 Å². The van der Waals surface area contributed by atoms with Crippen LogP contribution in [0.1, 0.15) is 69.2 Å². The maximum atomic E-state index is 15.2. The molecule has 3 aliphatic rings. The van der Waals surface area contributed by atoms with Gasteiger partial charge in [0, 0.05) is 23.5 Å². The standard InChI is InChI=1S/C41H52BrN3O7/c1-8-11-17-32(47)43-27(7)35(28-15-13-12-14-16-28)51-40(50)33-34-38(48)45(31(23-46)25(5)10-3)37(41(34)22-29(42)36(33)52-41)39(49)44(20-9-2)30-21-24(4)18-19-26(30)6/h8-9,12-16,18-19,21,25,27,29,31,33-37,46H,1-2,10-11,17,20,22-23H2,3-7H3,(H,43,47)/t25-,27-,29?,31-,33+,34-,35-,36+,37+,41-/m0/s1. The number of carbonyl (C=O) groups is 4. The SMILES string of the molecule is C=CCCC(=O)N[C@@H](C)[C@H](OC(=O)[C@H]1[C@@H]2O[C@@]3(CC2Br)[C@@H]1C(=O)N([C@@H](CO)[C@@H](C)CC)[C@@H]3C(=O)N(CC=C)c1cc(C)ccc1C)c1ccccc1. The summed E-state index contributed by atoms with van der Waals surface area (Å²) in [6, 6.07) is 12.6. The van der Waals surface area contributed by atoms with E-state index >= 15 is 4.79 Å². The third-order valence-electron chi connectivity index (χ3n) is 11.1. The van der Waals surface area contributed by atoms with Gasteiger partial charge in [-0.2, -0.15) is 0 Å². The number of ether oxygens (including phenoxy) is 2. The Bertz CT molecular complexity index is 1670. The molecule has 1 spiro atoms. The van der Waals surface area contributed by atoms with Crippen molar-refractivity contribution in [1.82, 2.24) is 10.2 Å². The fraction of sp³-hybridized carbons (Fsp3) is 0.512. The molecule has 2 aromatic rings. The van der Waals surface area contributed by atoms with Gasteiger partial charge in [0.25, 0.3) is 5.91 Å². The molecule has 3 saturated heterocycles. The molecule has 3 fully saturated rings. The summed E-state index contributed by atoms with van der Waals surface area (Å²) in [4.78, 5) is 60.2. The molecule has 0 aliphatic carbocycles. The Morgan fingerprint density at radius 3 is 2.50 bits per heavy atom. The van der Waals surface area contributed by atoms with E-state index in [0.717, 1.165) is 11.1 Å². The van der Waals surface area contributed by atoms with Crippen LogP contribution in [0.2, 0.25) is 0 Å². The highest BCUT2D eigenvalue weighted by Gasteiger charge is 2.78. The Kier molecular flexibility index (Phi) is 12.5. The molecule has 0 saturated carbocycles. The first-order valence-electron chi connectivity index (χ1n) is 18.2. The van der Waals surface area contributed by atoms with Crippen LogP contribution in [0.4, 0.5) is 5.69 Å². The molecule has 52 heavy (non-hydrogen) atoms. The first-order valence-corrected chi connectivity index (χ1v) is 19.2. The molecule has 2 bridgehead atoms. The molecule has 0 aromatic heterocycles. The average molecular weight is 779 g/mol. The molecule has 3 amide bonds. The summed E-state index contributed by atoms with van der Waals surface area (Å²) >= 11 is 3.76. The van der Waals surface area contributed by atoms with Gasteiger partial charge in [-0.25, -0.2) is 0 Å². The molecular weight excluding hydrogens is 726 g/mol. The number of benzene rings is 2. The lowest BCUT2D eigenvalue weighted by molar-refractivity contribution is -0.162. The number of aliphatic hydroxyl groups excluding tert-OH is 1. The van der Waals surface area contributed by atoms with E-state index in [1.165, 1.54) is 4.90 Å². The van der Waals surface area contributed by atoms with Crippen LogP contribution in [0.5, 0.6) is 0 Å². The summed E-state index contributed by atoms with van der Waals surface area (Å²) in [5.41, 5.74) is 1.84. The Labute approximate surface area is 315 Å². The van der Waals surface area contributed by atoms with Crippen LogP contribution in [0.3, 0.4) is 0 Å². The number of allylic oxidation sites excluding steroid dienone is 1. The number of likely N-dealkylation sites (tertiary alicyclic amines) is 1. The normalized spacial score (nSPS) is 26.9. The van der Waals surface area contributed by atoms with Gasteiger partial charge in [0.15, 0.2) is 0 Å². The van der Waals surface area contributed by atoms with Crippen LogP contribution in [0.25, 0.3) is 0 Å². The number of hydrogen-bond donors (Lipinski definition) is 2. The minimum Gasteiger partial charge on any atom is -0.455 e. The van der Waals surface area contributed by atoms with Gasteiger partial charge >= 0.3 is 5.97 Å². The second-order valence-electron chi connectivity index (χ2n) is 14.5. The molecule has 10 atom stereocenters. The Morgan fingerprint density at radius 1 is 1.15 bits per heavy atom. The van der Waals surface area contributed by atoms with E-state index < -0.39 is 59.6 Å². The number of nitrogens with zero attached hydrogens (tertiary/aromatic N) is 2. The van der Waals surface area contributed by atoms with E-state index in [4.69, 9.17) is 9.47 Å². The highest BCUT2D eigenvalue weighted by Crippen LogP contribution is 2.61. The van der Waals surface area contributed by atoms with Crippen molar-refractivity contribution in [3.05, 3.63) is 90.5 Å². The van der Waals surface area contributed by atoms with E-state index in [9.17, 15) is 19.5 Å². The second-order valence-corrected chi connectivity index (χ2v) is 15.7. The maximum absolute atomic E-state index is 15.2. The molecule has 2 aromatic carbocycles. The van der Waals surface area contributed by atoms with E-state index in [-0.39, 0.29) is 42.1 Å². The van der Waals surface area contributed by atoms with Gasteiger partial charge in [-0.3, -0.25) is 19.2 Å². The lowest BCUT2D eigenvalue weighted by Crippen LogP contribution is -2.60. The monoisotopic (exact) mass is 777 g/mol. The van der Waals surface area contributed by atoms with Crippen molar-refractivity contribution in [2.24, 2.45) is 17.8 Å². The van der Waals surface area contributed by atoms with E-state index in [2.05, 4.69) is 34.4 Å². The minimum absolute atomic E-state index is 0.164. The number of aryl methyl sites for hydroxylation is 2. The highest BCUT2D eigenvalue weighted by molar-refractivity contribution is 9.09. The van der Waals surface area contributed by atoms with Crippen LogP contribution in [0, 0.1) is 31.6 Å². The van der Waals surface area contributed by atoms with Gasteiger partial charge in [-0.05, 0) is 62.3 Å². The fourth-order valence-corrected chi connectivity index (χ4v) is 9.26. The van der Waals surface area contributed by atoms with Crippen molar-refractivity contribution >= 4 is 45.3 Å². The Morgan fingerprint density at radius 2 is 1.87 bits per heavy atom. The predicted octanol–water partition coefficient (Wildman–Crippen LogP) is 5.73. The lowest BCUT2D eigenvalue weighted by Gasteiger charge is -2.41. The van der Waals surface area contributed by atoms with Crippen LogP contribution < -0.4 is 10.2 Å². The molecule has 10 nitrogen and oxygen atoms in total. The van der Waals surface area contributed by atoms with Gasteiger partial charge < -0.3 is 29.7 Å². The summed E-state index contributed by atoms with van der Waals surface area (Å²) in [5.74, 6) is -3.88. The lowest BCUT2D eigenvalue weighted by atomic mass is 9.70. The van der Waals surface area contributed by atoms with E-state index in [0.29, 0.717) is 30.5 Å². The number of hydrogen-bond acceptors (Lipinski definition) is 7. The van der Waals surface area contributed by atoms with Crippen molar-refractivity contribution in [2.45, 2.75) is 101 Å². The molecule has 2 N–H and O–H groups in total. The van der Waals surface area contributed by atoms with E-state index in [1.54, 1.807) is 24.0 Å². The Hall–Kier alpha value is -3.80. The van der Waals surface area contributed by atoms with Gasteiger partial charge in [-0.15, -0.1) is 13.2 Å². The molecule has 3 heterocycles. The van der Waals surface area contributed by atoms with Gasteiger partial charge in [0.05, 0.1) is 36.6 Å².